The molecule has 0 heterocycles. The van der Waals surface area contributed by atoms with Gasteiger partial charge >= 0.3 is 11.9 Å². The molecule has 32 heavy (non-hydrogen) atoms. The van der Waals surface area contributed by atoms with Crippen LogP contribution in [-0.2, 0) is 19.1 Å². The SMILES string of the molecule is C=C(C)C(=O)OC(C)CC(C)C(=O)OC1(C2CC3CCC2C3)C2CC3CC1CC(C)(C3)C2. The Balaban J connectivity index is 1.35. The molecule has 6 rings (SSSR count). The van der Waals surface area contributed by atoms with E-state index in [4.69, 9.17) is 9.47 Å². The minimum absolute atomic E-state index is 0.0661. The van der Waals surface area contributed by atoms with Crippen molar-refractivity contribution in [1.82, 2.24) is 0 Å². The van der Waals surface area contributed by atoms with Crippen molar-refractivity contribution in [2.24, 2.45) is 46.8 Å². The molecule has 6 aliphatic carbocycles. The first-order chi connectivity index (χ1) is 15.1. The standard InChI is InChI=1S/C28H42O4/c1-16(2)25(29)31-18(4)8-17(3)26(30)32-28(24-12-19-6-7-21(24)9-19)22-10-20-11-23(28)15-27(5,13-20)14-22/h17-24H,1,6-15H2,2-5H3. The fourth-order valence-electron chi connectivity index (χ4n) is 9.24. The first kappa shape index (κ1) is 22.5. The van der Waals surface area contributed by atoms with Crippen LogP contribution < -0.4 is 0 Å². The normalized spacial score (nSPS) is 45.5. The van der Waals surface area contributed by atoms with E-state index in [1.807, 2.05) is 13.8 Å². The van der Waals surface area contributed by atoms with E-state index in [9.17, 15) is 9.59 Å². The van der Waals surface area contributed by atoms with Gasteiger partial charge in [0.15, 0.2) is 0 Å². The third-order valence-electron chi connectivity index (χ3n) is 10.1. The monoisotopic (exact) mass is 442 g/mol. The molecule has 4 heteroatoms. The molecule has 7 atom stereocenters. The van der Waals surface area contributed by atoms with E-state index in [0.29, 0.717) is 35.2 Å². The maximum absolute atomic E-state index is 13.6. The van der Waals surface area contributed by atoms with E-state index >= 15 is 0 Å². The number of hydrogen-bond donors (Lipinski definition) is 0. The van der Waals surface area contributed by atoms with Crippen molar-refractivity contribution in [2.75, 3.05) is 0 Å². The Labute approximate surface area is 193 Å². The summed E-state index contributed by atoms with van der Waals surface area (Å²) >= 11 is 0. The summed E-state index contributed by atoms with van der Waals surface area (Å²) in [7, 11) is 0. The topological polar surface area (TPSA) is 52.6 Å². The molecule has 0 radical (unpaired) electrons. The third-order valence-corrected chi connectivity index (χ3v) is 10.1. The van der Waals surface area contributed by atoms with E-state index in [1.54, 1.807) is 6.92 Å². The van der Waals surface area contributed by atoms with Crippen LogP contribution in [0.15, 0.2) is 12.2 Å². The average Bonchev–Trinajstić information content (AvgIpc) is 3.33. The summed E-state index contributed by atoms with van der Waals surface area (Å²) in [6.45, 7) is 11.6. The first-order valence-electron chi connectivity index (χ1n) is 13.2. The Hall–Kier alpha value is -1.32. The van der Waals surface area contributed by atoms with Crippen LogP contribution in [0, 0.1) is 46.8 Å². The molecule has 6 bridgehead atoms. The highest BCUT2D eigenvalue weighted by molar-refractivity contribution is 5.87. The van der Waals surface area contributed by atoms with E-state index in [-0.39, 0.29) is 29.6 Å². The number of hydrogen-bond acceptors (Lipinski definition) is 4. The summed E-state index contributed by atoms with van der Waals surface area (Å²) in [4.78, 5) is 25.4. The van der Waals surface area contributed by atoms with Gasteiger partial charge in [0.2, 0.25) is 0 Å². The number of esters is 2. The van der Waals surface area contributed by atoms with Crippen molar-refractivity contribution in [3.8, 4) is 0 Å². The van der Waals surface area contributed by atoms with Gasteiger partial charge in [-0.15, -0.1) is 0 Å². The zero-order chi connectivity index (χ0) is 22.8. The lowest BCUT2D eigenvalue weighted by Gasteiger charge is -2.66. The highest BCUT2D eigenvalue weighted by atomic mass is 16.6. The molecule has 0 aromatic rings. The Morgan fingerprint density at radius 1 is 1.00 bits per heavy atom. The molecule has 4 nitrogen and oxygen atoms in total. The largest absolute Gasteiger partial charge is 0.459 e. The zero-order valence-electron chi connectivity index (χ0n) is 20.5. The minimum atomic E-state index is -0.384. The molecule has 0 aliphatic heterocycles. The van der Waals surface area contributed by atoms with E-state index in [2.05, 4.69) is 13.5 Å². The van der Waals surface area contributed by atoms with Crippen LogP contribution in [0.3, 0.4) is 0 Å². The lowest BCUT2D eigenvalue weighted by atomic mass is 9.42. The Bertz CT molecular complexity index is 783. The van der Waals surface area contributed by atoms with Gasteiger partial charge in [-0.1, -0.05) is 26.8 Å². The number of fused-ring (bicyclic) bond motifs is 2. The lowest BCUT2D eigenvalue weighted by molar-refractivity contribution is -0.250. The average molecular weight is 443 g/mol. The van der Waals surface area contributed by atoms with Crippen molar-refractivity contribution >= 4 is 11.9 Å². The minimum Gasteiger partial charge on any atom is -0.459 e. The number of carbonyl (C=O) groups is 2. The van der Waals surface area contributed by atoms with Gasteiger partial charge < -0.3 is 9.47 Å². The van der Waals surface area contributed by atoms with Crippen LogP contribution >= 0.6 is 0 Å². The van der Waals surface area contributed by atoms with E-state index in [1.165, 1.54) is 57.8 Å². The van der Waals surface area contributed by atoms with Crippen LogP contribution in [0.1, 0.15) is 91.9 Å². The fraction of sp³-hybridized carbons (Fsp3) is 0.857. The van der Waals surface area contributed by atoms with Crippen LogP contribution in [0.4, 0.5) is 0 Å². The van der Waals surface area contributed by atoms with Crippen LogP contribution in [-0.4, -0.2) is 23.6 Å². The summed E-state index contributed by atoms with van der Waals surface area (Å²) in [6.07, 6.45) is 11.9. The van der Waals surface area contributed by atoms with Crippen molar-refractivity contribution in [3.05, 3.63) is 12.2 Å². The number of carbonyl (C=O) groups excluding carboxylic acids is 2. The highest BCUT2D eigenvalue weighted by Gasteiger charge is 2.67. The molecule has 7 unspecified atom stereocenters. The van der Waals surface area contributed by atoms with Crippen molar-refractivity contribution in [3.63, 3.8) is 0 Å². The lowest BCUT2D eigenvalue weighted by Crippen LogP contribution is -2.66. The van der Waals surface area contributed by atoms with Crippen LogP contribution in [0.25, 0.3) is 0 Å². The number of ether oxygens (including phenoxy) is 2. The Morgan fingerprint density at radius 3 is 2.22 bits per heavy atom. The molecule has 0 aromatic heterocycles. The van der Waals surface area contributed by atoms with Gasteiger partial charge in [0.1, 0.15) is 11.7 Å². The summed E-state index contributed by atoms with van der Waals surface area (Å²) in [6, 6.07) is 0. The molecule has 0 aromatic carbocycles. The second-order valence-electron chi connectivity index (χ2n) is 12.8. The second-order valence-corrected chi connectivity index (χ2v) is 12.8. The van der Waals surface area contributed by atoms with Crippen molar-refractivity contribution < 1.29 is 19.1 Å². The van der Waals surface area contributed by atoms with Gasteiger partial charge in [-0.05, 0) is 94.8 Å². The predicted molar refractivity (Wildman–Crippen MR) is 124 cm³/mol. The summed E-state index contributed by atoms with van der Waals surface area (Å²) in [5, 5.41) is 0. The molecule has 0 spiro atoms. The van der Waals surface area contributed by atoms with Crippen molar-refractivity contribution in [2.45, 2.75) is 104 Å². The third kappa shape index (κ3) is 3.64. The Kier molecular flexibility index (Phi) is 5.53. The molecule has 6 fully saturated rings. The van der Waals surface area contributed by atoms with Crippen LogP contribution in [0.2, 0.25) is 0 Å². The Morgan fingerprint density at radius 2 is 1.69 bits per heavy atom. The molecular weight excluding hydrogens is 400 g/mol. The first-order valence-corrected chi connectivity index (χ1v) is 13.2. The van der Waals surface area contributed by atoms with Gasteiger partial charge in [-0.3, -0.25) is 4.79 Å². The van der Waals surface area contributed by atoms with Gasteiger partial charge in [0, 0.05) is 23.3 Å². The highest BCUT2D eigenvalue weighted by Crippen LogP contribution is 2.69. The van der Waals surface area contributed by atoms with Gasteiger partial charge in [0.05, 0.1) is 5.92 Å². The maximum atomic E-state index is 13.6. The quantitative estimate of drug-likeness (QED) is 0.354. The van der Waals surface area contributed by atoms with Gasteiger partial charge in [0.25, 0.3) is 0 Å². The smallest absolute Gasteiger partial charge is 0.333 e. The number of rotatable bonds is 7. The fourth-order valence-corrected chi connectivity index (χ4v) is 9.24. The molecule has 6 aliphatic rings. The maximum Gasteiger partial charge on any atom is 0.333 e. The predicted octanol–water partition coefficient (Wildman–Crippen LogP) is 6.08. The summed E-state index contributed by atoms with van der Waals surface area (Å²) in [5.74, 6) is 3.37. The molecule has 178 valence electrons. The van der Waals surface area contributed by atoms with E-state index in [0.717, 1.165) is 17.8 Å². The van der Waals surface area contributed by atoms with Crippen molar-refractivity contribution in [1.29, 1.82) is 0 Å². The van der Waals surface area contributed by atoms with Gasteiger partial charge in [-0.2, -0.15) is 0 Å². The molecule has 0 N–H and O–H groups in total. The summed E-state index contributed by atoms with van der Waals surface area (Å²) in [5.41, 5.74) is 0.615. The molecule has 0 amide bonds. The van der Waals surface area contributed by atoms with Gasteiger partial charge in [-0.25, -0.2) is 4.79 Å². The molecular formula is C28H42O4. The second kappa shape index (κ2) is 7.87. The summed E-state index contributed by atoms with van der Waals surface area (Å²) < 4.78 is 12.3. The van der Waals surface area contributed by atoms with E-state index < -0.39 is 0 Å². The zero-order valence-corrected chi connectivity index (χ0v) is 20.5. The van der Waals surface area contributed by atoms with Crippen LogP contribution in [0.5, 0.6) is 0 Å². The molecule has 0 saturated heterocycles. The molecule has 6 saturated carbocycles.